The molecule has 0 aliphatic carbocycles. The predicted molar refractivity (Wildman–Crippen MR) is 129 cm³/mol. The first-order valence-electron chi connectivity index (χ1n) is 11.0. The van der Waals surface area contributed by atoms with Crippen LogP contribution < -0.4 is 5.32 Å². The van der Waals surface area contributed by atoms with Crippen LogP contribution in [0.3, 0.4) is 0 Å². The van der Waals surface area contributed by atoms with Crippen molar-refractivity contribution in [2.24, 2.45) is 5.92 Å². The van der Waals surface area contributed by atoms with Crippen LogP contribution in [0.25, 0.3) is 10.6 Å². The zero-order chi connectivity index (χ0) is 24.3. The van der Waals surface area contributed by atoms with Crippen molar-refractivity contribution in [1.29, 1.82) is 0 Å². The second-order valence-corrected chi connectivity index (χ2v) is 11.0. The molecule has 2 aromatic carbocycles. The van der Waals surface area contributed by atoms with Gasteiger partial charge in [-0.3, -0.25) is 9.35 Å². The topological polar surface area (TPSA) is 99.6 Å². The maximum atomic E-state index is 13.0. The van der Waals surface area contributed by atoms with Crippen LogP contribution in [0.1, 0.15) is 28.1 Å². The molecule has 180 valence electrons. The van der Waals surface area contributed by atoms with Gasteiger partial charge in [0.15, 0.2) is 0 Å². The maximum absolute atomic E-state index is 13.0. The Balaban J connectivity index is 0.000000210. The van der Waals surface area contributed by atoms with Gasteiger partial charge in [-0.15, -0.1) is 11.3 Å². The smallest absolute Gasteiger partial charge is 0.294 e. The molecule has 1 aromatic heterocycles. The number of aryl methyl sites for hydroxylation is 1. The van der Waals surface area contributed by atoms with Gasteiger partial charge in [-0.25, -0.2) is 9.37 Å². The van der Waals surface area contributed by atoms with Gasteiger partial charge in [0.25, 0.3) is 16.0 Å². The van der Waals surface area contributed by atoms with Gasteiger partial charge in [-0.1, -0.05) is 17.7 Å². The van der Waals surface area contributed by atoms with Crippen molar-refractivity contribution in [1.82, 2.24) is 15.2 Å². The molecule has 6 rings (SSSR count). The van der Waals surface area contributed by atoms with E-state index in [0.29, 0.717) is 10.8 Å². The molecule has 3 aliphatic heterocycles. The fourth-order valence-corrected chi connectivity index (χ4v) is 5.49. The SMILES string of the molecule is Cc1ccc(S(=O)(=O)O)cc1.O=C(N[C@H]1CN2CCC1CC2)c1cnc(-c2ccc(F)cc2)s1. The number of carbonyl (C=O) groups is 1. The Bertz CT molecular complexity index is 1240. The van der Waals surface area contributed by atoms with Crippen molar-refractivity contribution in [2.75, 3.05) is 19.6 Å². The maximum Gasteiger partial charge on any atom is 0.294 e. The average Bonchev–Trinajstić information content (AvgIpc) is 3.31. The van der Waals surface area contributed by atoms with Crippen LogP contribution >= 0.6 is 11.3 Å². The Hall–Kier alpha value is -2.66. The number of hydrogen-bond donors (Lipinski definition) is 2. The molecule has 3 saturated heterocycles. The van der Waals surface area contributed by atoms with Crippen molar-refractivity contribution >= 4 is 27.4 Å². The summed E-state index contributed by atoms with van der Waals surface area (Å²) in [4.78, 5) is 19.7. The molecular weight excluding hydrogens is 477 g/mol. The van der Waals surface area contributed by atoms with Crippen molar-refractivity contribution in [3.8, 4) is 10.6 Å². The molecule has 34 heavy (non-hydrogen) atoms. The Morgan fingerprint density at radius 1 is 1.12 bits per heavy atom. The van der Waals surface area contributed by atoms with Crippen LogP contribution in [0.5, 0.6) is 0 Å². The summed E-state index contributed by atoms with van der Waals surface area (Å²) in [6, 6.07) is 12.4. The molecule has 0 radical (unpaired) electrons. The summed E-state index contributed by atoms with van der Waals surface area (Å²) in [6.07, 6.45) is 3.96. The highest BCUT2D eigenvalue weighted by atomic mass is 32.2. The second-order valence-electron chi connectivity index (χ2n) is 8.54. The van der Waals surface area contributed by atoms with Crippen molar-refractivity contribution in [3.63, 3.8) is 0 Å². The van der Waals surface area contributed by atoms with Gasteiger partial charge < -0.3 is 10.2 Å². The van der Waals surface area contributed by atoms with E-state index in [2.05, 4.69) is 15.2 Å². The quantitative estimate of drug-likeness (QED) is 0.522. The van der Waals surface area contributed by atoms with Crippen LogP contribution in [-0.2, 0) is 10.1 Å². The molecule has 3 aliphatic rings. The number of nitrogens with one attached hydrogen (secondary N) is 1. The summed E-state index contributed by atoms with van der Waals surface area (Å²) >= 11 is 1.35. The van der Waals surface area contributed by atoms with Crippen molar-refractivity contribution in [2.45, 2.75) is 30.7 Å². The van der Waals surface area contributed by atoms with Crippen LogP contribution in [0, 0.1) is 18.7 Å². The molecular formula is C24H26FN3O4S2. The molecule has 10 heteroatoms. The Morgan fingerprint density at radius 2 is 1.76 bits per heavy atom. The fraction of sp³-hybridized carbons (Fsp3) is 0.333. The third-order valence-electron chi connectivity index (χ3n) is 6.11. The molecule has 7 nitrogen and oxygen atoms in total. The van der Waals surface area contributed by atoms with E-state index in [4.69, 9.17) is 4.55 Å². The van der Waals surface area contributed by atoms with Crippen molar-refractivity contribution < 1.29 is 22.2 Å². The monoisotopic (exact) mass is 503 g/mol. The first-order chi connectivity index (χ1) is 16.2. The number of aromatic nitrogens is 1. The third kappa shape index (κ3) is 6.06. The normalized spacial score (nSPS) is 21.4. The van der Waals surface area contributed by atoms with E-state index < -0.39 is 10.1 Å². The fourth-order valence-electron chi connectivity index (χ4n) is 4.18. The molecule has 4 heterocycles. The number of rotatable bonds is 4. The summed E-state index contributed by atoms with van der Waals surface area (Å²) in [7, 11) is -4.02. The molecule has 1 atom stereocenters. The number of carbonyl (C=O) groups excluding carboxylic acids is 1. The number of nitrogens with zero attached hydrogens (tertiary/aromatic N) is 2. The van der Waals surface area contributed by atoms with E-state index >= 15 is 0 Å². The minimum absolute atomic E-state index is 0.0467. The summed E-state index contributed by atoms with van der Waals surface area (Å²) in [5.74, 6) is 0.286. The Kier molecular flexibility index (Phi) is 7.42. The molecule has 3 fully saturated rings. The van der Waals surface area contributed by atoms with Crippen LogP contribution in [0.4, 0.5) is 4.39 Å². The van der Waals surface area contributed by atoms with E-state index in [1.54, 1.807) is 30.5 Å². The zero-order valence-corrected chi connectivity index (χ0v) is 20.3. The molecule has 0 unspecified atom stereocenters. The summed E-state index contributed by atoms with van der Waals surface area (Å²) in [5.41, 5.74) is 1.79. The molecule has 3 aromatic rings. The minimum atomic E-state index is -4.02. The largest absolute Gasteiger partial charge is 0.347 e. The minimum Gasteiger partial charge on any atom is -0.347 e. The number of thiazole rings is 1. The first-order valence-corrected chi connectivity index (χ1v) is 13.2. The van der Waals surface area contributed by atoms with E-state index in [1.165, 1.54) is 48.4 Å². The van der Waals surface area contributed by atoms with E-state index in [9.17, 15) is 17.6 Å². The lowest BCUT2D eigenvalue weighted by Crippen LogP contribution is -2.57. The van der Waals surface area contributed by atoms with Gasteiger partial charge >= 0.3 is 0 Å². The standard InChI is InChI=1S/C17H18FN3OS.C7H8O3S/c18-13-3-1-12(2-4-13)17-19-9-15(23-17)16(22)20-14-10-21-7-5-11(14)6-8-21;1-6-2-4-7(5-3-6)11(8,9)10/h1-4,9,11,14H,5-8,10H2,(H,20,22);2-5H,1H3,(H,8,9,10)/t14-;/m0./s1. The summed E-state index contributed by atoms with van der Waals surface area (Å²) < 4.78 is 42.5. The van der Waals surface area contributed by atoms with Gasteiger partial charge in [-0.2, -0.15) is 8.42 Å². The highest BCUT2D eigenvalue weighted by Gasteiger charge is 2.35. The zero-order valence-electron chi connectivity index (χ0n) is 18.6. The molecule has 1 amide bonds. The third-order valence-corrected chi connectivity index (χ3v) is 8.03. The van der Waals surface area contributed by atoms with E-state index in [-0.39, 0.29) is 22.7 Å². The van der Waals surface area contributed by atoms with Crippen molar-refractivity contribution in [3.05, 3.63) is 71.0 Å². The molecule has 0 spiro atoms. The number of benzene rings is 2. The number of piperidine rings is 3. The average molecular weight is 504 g/mol. The van der Waals surface area contributed by atoms with E-state index in [1.807, 2.05) is 6.92 Å². The highest BCUT2D eigenvalue weighted by molar-refractivity contribution is 7.85. The Morgan fingerprint density at radius 3 is 2.32 bits per heavy atom. The molecule has 0 saturated carbocycles. The van der Waals surface area contributed by atoms with E-state index in [0.717, 1.165) is 35.8 Å². The number of amides is 1. The van der Waals surface area contributed by atoms with Crippen LogP contribution in [0.15, 0.2) is 59.6 Å². The van der Waals surface area contributed by atoms with Gasteiger partial charge in [0.2, 0.25) is 0 Å². The van der Waals surface area contributed by atoms with Crippen LogP contribution in [-0.4, -0.2) is 54.4 Å². The molecule has 2 N–H and O–H groups in total. The number of hydrogen-bond acceptors (Lipinski definition) is 6. The Labute approximate surface area is 202 Å². The molecule has 2 bridgehead atoms. The number of halogens is 1. The number of fused-ring (bicyclic) bond motifs is 3. The highest BCUT2D eigenvalue weighted by Crippen LogP contribution is 2.29. The van der Waals surface area contributed by atoms with Gasteiger partial charge in [0.05, 0.1) is 11.1 Å². The predicted octanol–water partition coefficient (Wildman–Crippen LogP) is 4.01. The van der Waals surface area contributed by atoms with Gasteiger partial charge in [0, 0.05) is 18.2 Å². The van der Waals surface area contributed by atoms with Gasteiger partial charge in [0.1, 0.15) is 15.7 Å². The van der Waals surface area contributed by atoms with Crippen LogP contribution in [0.2, 0.25) is 0 Å². The van der Waals surface area contributed by atoms with Gasteiger partial charge in [-0.05, 0) is 75.2 Å². The lowest BCUT2D eigenvalue weighted by molar-refractivity contribution is 0.0622. The second kappa shape index (κ2) is 10.3. The first kappa shape index (κ1) is 24.5. The lowest BCUT2D eigenvalue weighted by atomic mass is 9.84. The summed E-state index contributed by atoms with van der Waals surface area (Å²) in [6.45, 7) is 5.12. The summed E-state index contributed by atoms with van der Waals surface area (Å²) in [5, 5.41) is 3.91. The lowest BCUT2D eigenvalue weighted by Gasteiger charge is -2.44.